The molecule has 0 saturated heterocycles. The standard InChI is InChI=1S/C20H25N7O6.H2O/c1-27-12(9-23-16-15(27)18(31)26-20(21)25-16)8-22-11-4-2-10(3-5-11)17(30)24-13(19(32)33)6-7-14(28)29;/h2-5,12-13,22H,6-9H2,1H3,(H,24,30)(H,28,29)(H,32,33)(H4,21,23,25,26,31);1H2/t12-,13+;/m1./s1. The van der Waals surface area contributed by atoms with E-state index in [2.05, 4.69) is 25.9 Å². The first-order chi connectivity index (χ1) is 15.7. The molecule has 3 rings (SSSR count). The largest absolute Gasteiger partial charge is 0.481 e. The molecule has 34 heavy (non-hydrogen) atoms. The molecule has 0 spiro atoms. The lowest BCUT2D eigenvalue weighted by molar-refractivity contribution is -0.140. The number of hydrogen-bond donors (Lipinski definition) is 7. The molecule has 0 unspecified atom stereocenters. The molecule has 14 heteroatoms. The topological polar surface area (TPSA) is 234 Å². The number of aliphatic carboxylic acids is 2. The van der Waals surface area contributed by atoms with Gasteiger partial charge in [0.2, 0.25) is 5.95 Å². The second-order valence-corrected chi connectivity index (χ2v) is 7.55. The average Bonchev–Trinajstić information content (AvgIpc) is 2.75. The summed E-state index contributed by atoms with van der Waals surface area (Å²) in [7, 11) is 1.79. The Balaban J connectivity index is 0.00000408. The third kappa shape index (κ3) is 6.13. The van der Waals surface area contributed by atoms with Crippen molar-refractivity contribution in [2.75, 3.05) is 41.4 Å². The van der Waals surface area contributed by atoms with Crippen LogP contribution in [-0.2, 0) is 9.59 Å². The Bertz CT molecular complexity index is 1100. The van der Waals surface area contributed by atoms with E-state index in [1.165, 1.54) is 12.1 Å². The zero-order chi connectivity index (χ0) is 24.1. The molecule has 184 valence electrons. The molecule has 0 bridgehead atoms. The zero-order valence-corrected chi connectivity index (χ0v) is 18.3. The number of carbonyl (C=O) groups is 3. The first-order valence-corrected chi connectivity index (χ1v) is 10.1. The van der Waals surface area contributed by atoms with Gasteiger partial charge < -0.3 is 42.3 Å². The van der Waals surface area contributed by atoms with Crippen LogP contribution >= 0.6 is 0 Å². The van der Waals surface area contributed by atoms with Crippen molar-refractivity contribution in [1.82, 2.24) is 15.3 Å². The van der Waals surface area contributed by atoms with E-state index < -0.39 is 23.9 Å². The summed E-state index contributed by atoms with van der Waals surface area (Å²) < 4.78 is 0. The zero-order valence-electron chi connectivity index (χ0n) is 18.3. The number of anilines is 4. The number of hydrogen-bond acceptors (Lipinski definition) is 9. The molecule has 1 aromatic carbocycles. The number of aromatic nitrogens is 2. The van der Waals surface area contributed by atoms with Crippen molar-refractivity contribution in [2.45, 2.75) is 24.9 Å². The second-order valence-electron chi connectivity index (χ2n) is 7.55. The summed E-state index contributed by atoms with van der Waals surface area (Å²) in [5, 5.41) is 26.6. The number of nitrogens with zero attached hydrogens (tertiary/aromatic N) is 2. The van der Waals surface area contributed by atoms with Crippen molar-refractivity contribution in [2.24, 2.45) is 0 Å². The Kier molecular flexibility index (Phi) is 8.39. The molecular weight excluding hydrogens is 450 g/mol. The molecule has 1 amide bonds. The van der Waals surface area contributed by atoms with Crippen LogP contribution < -0.4 is 32.1 Å². The molecule has 2 aromatic rings. The fourth-order valence-electron chi connectivity index (χ4n) is 3.42. The number of carboxylic acids is 2. The fourth-order valence-corrected chi connectivity index (χ4v) is 3.42. The molecule has 1 aromatic heterocycles. The van der Waals surface area contributed by atoms with Crippen LogP contribution in [-0.4, -0.2) is 75.7 Å². The highest BCUT2D eigenvalue weighted by atomic mass is 16.4. The normalized spacial score (nSPS) is 15.2. The first-order valence-electron chi connectivity index (χ1n) is 10.1. The van der Waals surface area contributed by atoms with E-state index in [4.69, 9.17) is 10.8 Å². The van der Waals surface area contributed by atoms with Gasteiger partial charge in [0.1, 0.15) is 11.7 Å². The highest BCUT2D eigenvalue weighted by Crippen LogP contribution is 2.25. The number of aromatic amines is 1. The van der Waals surface area contributed by atoms with E-state index in [-0.39, 0.29) is 41.4 Å². The molecule has 0 aliphatic carbocycles. The lowest BCUT2D eigenvalue weighted by atomic mass is 10.1. The Morgan fingerprint density at radius 2 is 1.94 bits per heavy atom. The monoisotopic (exact) mass is 477 g/mol. The molecule has 1 aliphatic rings. The van der Waals surface area contributed by atoms with Gasteiger partial charge in [-0.1, -0.05) is 0 Å². The van der Waals surface area contributed by atoms with Crippen molar-refractivity contribution in [1.29, 1.82) is 0 Å². The molecule has 10 N–H and O–H groups in total. The maximum Gasteiger partial charge on any atom is 0.326 e. The number of benzene rings is 1. The van der Waals surface area contributed by atoms with E-state index in [0.29, 0.717) is 24.6 Å². The third-order valence-electron chi connectivity index (χ3n) is 5.26. The van der Waals surface area contributed by atoms with Gasteiger partial charge in [-0.25, -0.2) is 4.79 Å². The van der Waals surface area contributed by atoms with E-state index in [1.807, 2.05) is 4.90 Å². The van der Waals surface area contributed by atoms with Gasteiger partial charge in [-0.3, -0.25) is 19.4 Å². The number of carboxylic acid groups (broad SMARTS) is 2. The second kappa shape index (κ2) is 11.0. The number of rotatable bonds is 9. The summed E-state index contributed by atoms with van der Waals surface area (Å²) in [4.78, 5) is 54.9. The van der Waals surface area contributed by atoms with Gasteiger partial charge in [0.25, 0.3) is 11.5 Å². The van der Waals surface area contributed by atoms with Gasteiger partial charge in [-0.05, 0) is 30.7 Å². The first kappa shape index (κ1) is 25.9. The number of nitrogens with two attached hydrogens (primary N) is 1. The van der Waals surface area contributed by atoms with Gasteiger partial charge in [-0.2, -0.15) is 4.98 Å². The van der Waals surface area contributed by atoms with Crippen molar-refractivity contribution in [3.8, 4) is 0 Å². The minimum atomic E-state index is -1.30. The van der Waals surface area contributed by atoms with Crippen LogP contribution in [0.25, 0.3) is 0 Å². The molecule has 2 heterocycles. The SMILES string of the molecule is CN1c2c(nc(N)[nH]c2=O)NC[C@H]1CNc1ccc(C(=O)N[C@@H](CCC(=O)O)C(=O)O)cc1.O. The van der Waals surface area contributed by atoms with Crippen molar-refractivity contribution < 1.29 is 30.1 Å². The average molecular weight is 477 g/mol. The van der Waals surface area contributed by atoms with Gasteiger partial charge in [-0.15, -0.1) is 0 Å². The predicted molar refractivity (Wildman–Crippen MR) is 124 cm³/mol. The maximum absolute atomic E-state index is 12.3. The van der Waals surface area contributed by atoms with Crippen LogP contribution in [0.15, 0.2) is 29.1 Å². The number of amides is 1. The smallest absolute Gasteiger partial charge is 0.326 e. The van der Waals surface area contributed by atoms with Crippen LogP contribution in [0.3, 0.4) is 0 Å². The van der Waals surface area contributed by atoms with Crippen molar-refractivity contribution in [3.05, 3.63) is 40.2 Å². The van der Waals surface area contributed by atoms with Crippen LogP contribution in [0.5, 0.6) is 0 Å². The molecule has 0 fully saturated rings. The summed E-state index contributed by atoms with van der Waals surface area (Å²) in [5.74, 6) is -2.59. The maximum atomic E-state index is 12.3. The Labute approximate surface area is 193 Å². The van der Waals surface area contributed by atoms with E-state index >= 15 is 0 Å². The van der Waals surface area contributed by atoms with Crippen molar-refractivity contribution >= 4 is 41.0 Å². The molecule has 2 atom stereocenters. The summed E-state index contributed by atoms with van der Waals surface area (Å²) in [6.45, 7) is 1.01. The Morgan fingerprint density at radius 3 is 2.56 bits per heavy atom. The Hall–Kier alpha value is -4.33. The third-order valence-corrected chi connectivity index (χ3v) is 5.26. The van der Waals surface area contributed by atoms with E-state index in [9.17, 15) is 24.3 Å². The van der Waals surface area contributed by atoms with E-state index in [0.717, 1.165) is 5.69 Å². The number of carbonyl (C=O) groups excluding carboxylic acids is 1. The van der Waals surface area contributed by atoms with Gasteiger partial charge in [0.05, 0.1) is 6.04 Å². The summed E-state index contributed by atoms with van der Waals surface area (Å²) >= 11 is 0. The predicted octanol–water partition coefficient (Wildman–Crippen LogP) is -1.08. The number of fused-ring (bicyclic) bond motifs is 1. The minimum Gasteiger partial charge on any atom is -0.481 e. The van der Waals surface area contributed by atoms with Crippen LogP contribution in [0.4, 0.5) is 23.1 Å². The van der Waals surface area contributed by atoms with E-state index in [1.54, 1.807) is 19.2 Å². The lowest BCUT2D eigenvalue weighted by Gasteiger charge is -2.35. The summed E-state index contributed by atoms with van der Waals surface area (Å²) in [6.07, 6.45) is -0.586. The highest BCUT2D eigenvalue weighted by molar-refractivity contribution is 5.96. The molecule has 1 aliphatic heterocycles. The quantitative estimate of drug-likeness (QED) is 0.229. The van der Waals surface area contributed by atoms with Gasteiger partial charge >= 0.3 is 11.9 Å². The van der Waals surface area contributed by atoms with Gasteiger partial charge in [0.15, 0.2) is 5.82 Å². The molecule has 14 nitrogen and oxygen atoms in total. The number of likely N-dealkylation sites (N-methyl/N-ethyl adjacent to an activating group) is 1. The lowest BCUT2D eigenvalue weighted by Crippen LogP contribution is -2.48. The van der Waals surface area contributed by atoms with Crippen LogP contribution in [0.1, 0.15) is 23.2 Å². The highest BCUT2D eigenvalue weighted by Gasteiger charge is 2.27. The van der Waals surface area contributed by atoms with Crippen LogP contribution in [0, 0.1) is 0 Å². The number of H-pyrrole nitrogens is 1. The fraction of sp³-hybridized carbons (Fsp3) is 0.350. The molecule has 0 saturated carbocycles. The minimum absolute atomic E-state index is 0. The Morgan fingerprint density at radius 1 is 1.26 bits per heavy atom. The number of nitrogens with one attached hydrogen (secondary N) is 4. The molecular formula is C20H27N7O7. The van der Waals surface area contributed by atoms with Gasteiger partial charge in [0, 0.05) is 37.8 Å². The number of nitrogen functional groups attached to an aromatic ring is 1. The van der Waals surface area contributed by atoms with Crippen molar-refractivity contribution in [3.63, 3.8) is 0 Å². The summed E-state index contributed by atoms with van der Waals surface area (Å²) in [6, 6.07) is 5.03. The summed E-state index contributed by atoms with van der Waals surface area (Å²) in [5.41, 5.74) is 6.59. The molecule has 0 radical (unpaired) electrons. The van der Waals surface area contributed by atoms with Crippen LogP contribution in [0.2, 0.25) is 0 Å².